The molecule has 1 unspecified atom stereocenters. The van der Waals surface area contributed by atoms with Gasteiger partial charge < -0.3 is 10.1 Å². The lowest BCUT2D eigenvalue weighted by atomic mass is 9.98. The van der Waals surface area contributed by atoms with Crippen molar-refractivity contribution in [2.24, 2.45) is 5.92 Å². The second-order valence-corrected chi connectivity index (χ2v) is 5.18. The highest BCUT2D eigenvalue weighted by Gasteiger charge is 2.41. The van der Waals surface area contributed by atoms with Gasteiger partial charge in [0.15, 0.2) is 0 Å². The third-order valence-electron chi connectivity index (χ3n) is 3.54. The summed E-state index contributed by atoms with van der Waals surface area (Å²) < 4.78 is 54.3. The largest absolute Gasteiger partial charge is 0.373 e. The summed E-state index contributed by atoms with van der Waals surface area (Å²) in [6.07, 6.45) is 1.66. The van der Waals surface area contributed by atoms with E-state index in [1.54, 1.807) is 0 Å². The second kappa shape index (κ2) is 8.04. The Kier molecular flexibility index (Phi) is 7.07. The average molecular weight is 285 g/mol. The lowest BCUT2D eigenvalue weighted by Gasteiger charge is -2.25. The van der Waals surface area contributed by atoms with E-state index in [-0.39, 0.29) is 12.6 Å². The van der Waals surface area contributed by atoms with Crippen molar-refractivity contribution in [3.63, 3.8) is 0 Å². The molecule has 1 aliphatic carbocycles. The van der Waals surface area contributed by atoms with Crippen LogP contribution in [0.2, 0.25) is 0 Å². The van der Waals surface area contributed by atoms with Crippen LogP contribution in [0.4, 0.5) is 17.6 Å². The highest BCUT2D eigenvalue weighted by Crippen LogP contribution is 2.28. The van der Waals surface area contributed by atoms with Gasteiger partial charge in [0.1, 0.15) is 6.61 Å². The number of halogens is 4. The Labute approximate surface area is 111 Å². The molecule has 1 N–H and O–H groups in total. The van der Waals surface area contributed by atoms with Crippen molar-refractivity contribution in [2.75, 3.05) is 19.8 Å². The number of hydrogen-bond acceptors (Lipinski definition) is 2. The van der Waals surface area contributed by atoms with E-state index in [1.165, 1.54) is 0 Å². The fraction of sp³-hybridized carbons (Fsp3) is 1.00. The molecule has 6 heteroatoms. The molecule has 114 valence electrons. The third-order valence-corrected chi connectivity index (χ3v) is 3.54. The molecule has 0 heterocycles. The lowest BCUT2D eigenvalue weighted by Crippen LogP contribution is -2.41. The van der Waals surface area contributed by atoms with Crippen molar-refractivity contribution in [1.82, 2.24) is 5.32 Å². The predicted octanol–water partition coefficient (Wildman–Crippen LogP) is 3.46. The van der Waals surface area contributed by atoms with E-state index < -0.39 is 19.0 Å². The summed E-state index contributed by atoms with van der Waals surface area (Å²) in [6.45, 7) is 1.68. The summed E-state index contributed by atoms with van der Waals surface area (Å²) in [5.41, 5.74) is 0. The molecule has 1 rings (SSSR count). The zero-order valence-corrected chi connectivity index (χ0v) is 11.3. The molecule has 0 aromatic rings. The van der Waals surface area contributed by atoms with Gasteiger partial charge in [0.2, 0.25) is 0 Å². The molecule has 2 nitrogen and oxygen atoms in total. The van der Waals surface area contributed by atoms with Gasteiger partial charge in [0.25, 0.3) is 0 Å². The lowest BCUT2D eigenvalue weighted by molar-refractivity contribution is -0.167. The van der Waals surface area contributed by atoms with Crippen LogP contribution in [0.15, 0.2) is 0 Å². The van der Waals surface area contributed by atoms with Gasteiger partial charge in [-0.15, -0.1) is 0 Å². The van der Waals surface area contributed by atoms with Crippen molar-refractivity contribution >= 4 is 0 Å². The van der Waals surface area contributed by atoms with Gasteiger partial charge in [0, 0.05) is 6.04 Å². The van der Waals surface area contributed by atoms with Crippen LogP contribution in [-0.4, -0.2) is 38.1 Å². The molecule has 1 aliphatic rings. The zero-order chi connectivity index (χ0) is 14.3. The van der Waals surface area contributed by atoms with E-state index in [9.17, 15) is 17.6 Å². The van der Waals surface area contributed by atoms with Crippen LogP contribution in [0.5, 0.6) is 0 Å². The summed E-state index contributed by atoms with van der Waals surface area (Å²) in [5.74, 6) is -3.64. The minimum absolute atomic E-state index is 0.00378. The Bertz CT molecular complexity index is 245. The Balaban J connectivity index is 2.35. The molecular weight excluding hydrogens is 262 g/mol. The molecule has 0 aliphatic heterocycles. The first kappa shape index (κ1) is 16.7. The number of hydrogen-bond donors (Lipinski definition) is 1. The van der Waals surface area contributed by atoms with Gasteiger partial charge in [-0.05, 0) is 31.7 Å². The van der Waals surface area contributed by atoms with Crippen LogP contribution < -0.4 is 5.32 Å². The molecule has 1 fully saturated rings. The fourth-order valence-corrected chi connectivity index (χ4v) is 2.44. The maximum absolute atomic E-state index is 12.7. The maximum Gasteiger partial charge on any atom is 0.330 e. The number of ether oxygens (including phenoxy) is 1. The fourth-order valence-electron chi connectivity index (χ4n) is 2.44. The summed E-state index contributed by atoms with van der Waals surface area (Å²) in [5, 5.41) is 3.27. The van der Waals surface area contributed by atoms with Crippen LogP contribution >= 0.6 is 0 Å². The van der Waals surface area contributed by atoms with Crippen LogP contribution in [0.25, 0.3) is 0 Å². The van der Waals surface area contributed by atoms with Gasteiger partial charge in [-0.25, -0.2) is 8.78 Å². The third kappa shape index (κ3) is 5.65. The van der Waals surface area contributed by atoms with Crippen molar-refractivity contribution in [3.8, 4) is 0 Å². The molecule has 0 aromatic heterocycles. The molecular formula is C13H23F4NO. The Hall–Kier alpha value is -0.360. The van der Waals surface area contributed by atoms with E-state index >= 15 is 0 Å². The minimum Gasteiger partial charge on any atom is -0.373 e. The molecule has 0 bridgehead atoms. The highest BCUT2D eigenvalue weighted by molar-refractivity contribution is 4.81. The number of alkyl halides is 4. The van der Waals surface area contributed by atoms with Gasteiger partial charge in [-0.2, -0.15) is 8.78 Å². The van der Waals surface area contributed by atoms with E-state index in [0.29, 0.717) is 5.92 Å². The van der Waals surface area contributed by atoms with Crippen LogP contribution in [-0.2, 0) is 4.74 Å². The second-order valence-electron chi connectivity index (χ2n) is 5.18. The van der Waals surface area contributed by atoms with Crippen LogP contribution in [0, 0.1) is 5.92 Å². The minimum atomic E-state index is -4.05. The maximum atomic E-state index is 12.7. The molecule has 1 saturated carbocycles. The Morgan fingerprint density at radius 2 is 1.89 bits per heavy atom. The van der Waals surface area contributed by atoms with Gasteiger partial charge >= 0.3 is 12.3 Å². The van der Waals surface area contributed by atoms with E-state index in [0.717, 1.165) is 38.6 Å². The molecule has 0 spiro atoms. The first-order valence-electron chi connectivity index (χ1n) is 6.94. The van der Waals surface area contributed by atoms with Crippen molar-refractivity contribution in [3.05, 3.63) is 0 Å². The first-order chi connectivity index (χ1) is 8.97. The monoisotopic (exact) mass is 285 g/mol. The number of nitrogens with one attached hydrogen (secondary N) is 1. The quantitative estimate of drug-likeness (QED) is 0.655. The molecule has 0 radical (unpaired) electrons. The van der Waals surface area contributed by atoms with Crippen LogP contribution in [0.1, 0.15) is 39.0 Å². The summed E-state index contributed by atoms with van der Waals surface area (Å²) in [6, 6.07) is -0.00378. The van der Waals surface area contributed by atoms with Crippen LogP contribution in [0.3, 0.4) is 0 Å². The zero-order valence-electron chi connectivity index (χ0n) is 11.3. The SMILES string of the molecule is CCCNC(COCC(F)(F)C(F)F)C1CCCC1. The summed E-state index contributed by atoms with van der Waals surface area (Å²) in [4.78, 5) is 0. The van der Waals surface area contributed by atoms with E-state index in [2.05, 4.69) is 5.32 Å². The van der Waals surface area contributed by atoms with Crippen molar-refractivity contribution < 1.29 is 22.3 Å². The normalized spacial score (nSPS) is 19.3. The van der Waals surface area contributed by atoms with E-state index in [4.69, 9.17) is 4.74 Å². The summed E-state index contributed by atoms with van der Waals surface area (Å²) in [7, 11) is 0. The smallest absolute Gasteiger partial charge is 0.330 e. The van der Waals surface area contributed by atoms with Gasteiger partial charge in [-0.1, -0.05) is 19.8 Å². The predicted molar refractivity (Wildman–Crippen MR) is 65.8 cm³/mol. The molecule has 0 amide bonds. The van der Waals surface area contributed by atoms with Crippen molar-refractivity contribution in [2.45, 2.75) is 57.4 Å². The van der Waals surface area contributed by atoms with E-state index in [1.807, 2.05) is 6.92 Å². The topological polar surface area (TPSA) is 21.3 Å². The van der Waals surface area contributed by atoms with Gasteiger partial charge in [-0.3, -0.25) is 0 Å². The van der Waals surface area contributed by atoms with Crippen molar-refractivity contribution in [1.29, 1.82) is 0 Å². The Morgan fingerprint density at radius 1 is 1.26 bits per heavy atom. The molecule has 0 saturated heterocycles. The highest BCUT2D eigenvalue weighted by atomic mass is 19.3. The summed E-state index contributed by atoms with van der Waals surface area (Å²) >= 11 is 0. The number of rotatable bonds is 9. The first-order valence-corrected chi connectivity index (χ1v) is 6.94. The molecule has 0 aromatic carbocycles. The standard InChI is InChI=1S/C13H23F4NO/c1-2-7-18-11(10-5-3-4-6-10)8-19-9-13(16,17)12(14)15/h10-12,18H,2-9H2,1H3. The Morgan fingerprint density at radius 3 is 2.42 bits per heavy atom. The molecule has 19 heavy (non-hydrogen) atoms. The van der Waals surface area contributed by atoms with Gasteiger partial charge in [0.05, 0.1) is 6.61 Å². The average Bonchev–Trinajstić information content (AvgIpc) is 2.86. The molecule has 1 atom stereocenters.